The molecule has 0 aliphatic carbocycles. The fraction of sp³-hybridized carbons (Fsp3) is 0.125. The molecule has 128 valence electrons. The average Bonchev–Trinajstić information content (AvgIpc) is 2.68. The molecule has 0 atom stereocenters. The van der Waals surface area contributed by atoms with Crippen LogP contribution in [0.15, 0.2) is 85.1 Å². The first-order chi connectivity index (χ1) is 12.7. The van der Waals surface area contributed by atoms with Crippen LogP contribution < -0.4 is 9.30 Å². The Morgan fingerprint density at radius 1 is 0.769 bits per heavy atom. The molecule has 0 radical (unpaired) electrons. The smallest absolute Gasteiger partial charge is 0.381 e. The fourth-order valence-electron chi connectivity index (χ4n) is 3.19. The first kappa shape index (κ1) is 16.3. The number of hydrogen-bond acceptors (Lipinski definition) is 1. The van der Waals surface area contributed by atoms with Crippen LogP contribution >= 0.6 is 0 Å². The summed E-state index contributed by atoms with van der Waals surface area (Å²) in [5.74, 6) is 1.78. The van der Waals surface area contributed by atoms with Gasteiger partial charge in [-0.3, -0.25) is 0 Å². The van der Waals surface area contributed by atoms with Gasteiger partial charge in [0.2, 0.25) is 0 Å². The summed E-state index contributed by atoms with van der Waals surface area (Å²) in [7, 11) is 0. The van der Waals surface area contributed by atoms with Gasteiger partial charge in [0.25, 0.3) is 0 Å². The van der Waals surface area contributed by atoms with Gasteiger partial charge >= 0.3 is 5.88 Å². The second-order valence-electron chi connectivity index (χ2n) is 6.62. The van der Waals surface area contributed by atoms with E-state index in [0.29, 0.717) is 0 Å². The maximum Gasteiger partial charge on any atom is 0.381 e. The Balaban J connectivity index is 1.84. The first-order valence-corrected chi connectivity index (χ1v) is 8.91. The molecule has 0 N–H and O–H groups in total. The molecule has 0 aliphatic rings. The second-order valence-corrected chi connectivity index (χ2v) is 6.62. The lowest BCUT2D eigenvalue weighted by Gasteiger charge is -2.12. The minimum atomic E-state index is 0.770. The van der Waals surface area contributed by atoms with Gasteiger partial charge in [0.15, 0.2) is 12.7 Å². The van der Waals surface area contributed by atoms with Crippen molar-refractivity contribution in [3.05, 3.63) is 102 Å². The third-order valence-electron chi connectivity index (χ3n) is 4.84. The number of ether oxygens (including phenoxy) is 1. The highest BCUT2D eigenvalue weighted by molar-refractivity contribution is 5.85. The van der Waals surface area contributed by atoms with E-state index in [1.54, 1.807) is 0 Å². The number of pyridine rings is 1. The van der Waals surface area contributed by atoms with Crippen LogP contribution in [-0.2, 0) is 6.54 Å². The van der Waals surface area contributed by atoms with Crippen LogP contribution in [0.25, 0.3) is 10.8 Å². The van der Waals surface area contributed by atoms with Crippen LogP contribution in [0.3, 0.4) is 0 Å². The highest BCUT2D eigenvalue weighted by Gasteiger charge is 2.19. The van der Waals surface area contributed by atoms with E-state index in [4.69, 9.17) is 4.74 Å². The van der Waals surface area contributed by atoms with E-state index in [1.807, 2.05) is 18.2 Å². The molecule has 0 saturated carbocycles. The highest BCUT2D eigenvalue weighted by Crippen LogP contribution is 2.30. The van der Waals surface area contributed by atoms with E-state index in [-0.39, 0.29) is 0 Å². The van der Waals surface area contributed by atoms with Gasteiger partial charge in [-0.1, -0.05) is 60.7 Å². The van der Waals surface area contributed by atoms with Crippen LogP contribution in [0, 0.1) is 13.8 Å². The van der Waals surface area contributed by atoms with Crippen molar-refractivity contribution >= 4 is 10.8 Å². The molecule has 0 spiro atoms. The Morgan fingerprint density at radius 3 is 2.38 bits per heavy atom. The second kappa shape index (κ2) is 7.01. The molecule has 0 fully saturated rings. The van der Waals surface area contributed by atoms with E-state index in [2.05, 4.69) is 85.3 Å². The summed E-state index contributed by atoms with van der Waals surface area (Å²) in [6.45, 7) is 4.99. The average molecular weight is 340 g/mol. The monoisotopic (exact) mass is 340 g/mol. The zero-order chi connectivity index (χ0) is 17.9. The summed E-state index contributed by atoms with van der Waals surface area (Å²) in [4.78, 5) is 0. The SMILES string of the molecule is Cc1cccc(Oc2c3ccccc3cc[n+]2Cc2ccccc2)c1C. The molecular weight excluding hydrogens is 318 g/mol. The molecule has 4 aromatic rings. The number of benzene rings is 3. The van der Waals surface area contributed by atoms with Crippen molar-refractivity contribution in [3.63, 3.8) is 0 Å². The third kappa shape index (κ3) is 3.18. The topological polar surface area (TPSA) is 13.1 Å². The van der Waals surface area contributed by atoms with Gasteiger partial charge in [-0.05, 0) is 42.5 Å². The van der Waals surface area contributed by atoms with Crippen molar-refractivity contribution in [1.82, 2.24) is 0 Å². The van der Waals surface area contributed by atoms with E-state index >= 15 is 0 Å². The zero-order valence-corrected chi connectivity index (χ0v) is 15.1. The maximum absolute atomic E-state index is 6.47. The molecule has 0 aliphatic heterocycles. The summed E-state index contributed by atoms with van der Waals surface area (Å²) < 4.78 is 8.65. The van der Waals surface area contributed by atoms with Gasteiger partial charge in [0.1, 0.15) is 5.75 Å². The van der Waals surface area contributed by atoms with Gasteiger partial charge in [-0.25, -0.2) is 0 Å². The molecule has 0 unspecified atom stereocenters. The van der Waals surface area contributed by atoms with Gasteiger partial charge < -0.3 is 4.74 Å². The third-order valence-corrected chi connectivity index (χ3v) is 4.84. The largest absolute Gasteiger partial charge is 0.404 e. The predicted octanol–water partition coefficient (Wildman–Crippen LogP) is 5.58. The summed E-state index contributed by atoms with van der Waals surface area (Å²) in [5.41, 5.74) is 3.66. The van der Waals surface area contributed by atoms with Crippen molar-refractivity contribution in [1.29, 1.82) is 0 Å². The predicted molar refractivity (Wildman–Crippen MR) is 106 cm³/mol. The number of hydrogen-bond donors (Lipinski definition) is 0. The first-order valence-electron chi connectivity index (χ1n) is 8.91. The number of rotatable bonds is 4. The fourth-order valence-corrected chi connectivity index (χ4v) is 3.19. The van der Waals surface area contributed by atoms with Gasteiger partial charge in [-0.2, -0.15) is 4.57 Å². The molecule has 1 heterocycles. The molecule has 0 bridgehead atoms. The van der Waals surface area contributed by atoms with E-state index in [1.165, 1.54) is 22.1 Å². The standard InChI is InChI=1S/C24H22NO/c1-18-9-8-14-23(19(18)2)26-24-22-13-7-6-12-21(22)15-16-25(24)17-20-10-4-3-5-11-20/h3-16H,17H2,1-2H3/q+1. The van der Waals surface area contributed by atoms with E-state index < -0.39 is 0 Å². The number of fused-ring (bicyclic) bond motifs is 1. The van der Waals surface area contributed by atoms with Crippen molar-refractivity contribution < 1.29 is 9.30 Å². The lowest BCUT2D eigenvalue weighted by molar-refractivity contribution is -0.691. The van der Waals surface area contributed by atoms with Gasteiger partial charge in [-0.15, -0.1) is 0 Å². The molecule has 3 aromatic carbocycles. The Hall–Kier alpha value is -3.13. The summed E-state index contributed by atoms with van der Waals surface area (Å²) in [6, 6.07) is 27.2. The maximum atomic E-state index is 6.47. The Bertz CT molecular complexity index is 1050. The lowest BCUT2D eigenvalue weighted by atomic mass is 10.1. The van der Waals surface area contributed by atoms with Crippen molar-refractivity contribution in [2.75, 3.05) is 0 Å². The van der Waals surface area contributed by atoms with Crippen LogP contribution in [0.5, 0.6) is 11.6 Å². The number of aryl methyl sites for hydroxylation is 1. The van der Waals surface area contributed by atoms with Crippen molar-refractivity contribution in [2.24, 2.45) is 0 Å². The molecule has 2 heteroatoms. The Morgan fingerprint density at radius 2 is 1.54 bits per heavy atom. The van der Waals surface area contributed by atoms with Crippen LogP contribution in [0.2, 0.25) is 0 Å². The van der Waals surface area contributed by atoms with E-state index in [9.17, 15) is 0 Å². The van der Waals surface area contributed by atoms with Crippen LogP contribution in [0.4, 0.5) is 0 Å². The molecule has 1 aromatic heterocycles. The Labute approximate surface area is 154 Å². The summed E-state index contributed by atoms with van der Waals surface area (Å²) in [5, 5.41) is 2.30. The quantitative estimate of drug-likeness (QED) is 0.442. The van der Waals surface area contributed by atoms with Crippen molar-refractivity contribution in [3.8, 4) is 11.6 Å². The van der Waals surface area contributed by atoms with Crippen LogP contribution in [-0.4, -0.2) is 0 Å². The minimum Gasteiger partial charge on any atom is -0.404 e. The van der Waals surface area contributed by atoms with Crippen LogP contribution in [0.1, 0.15) is 16.7 Å². The summed E-state index contributed by atoms with van der Waals surface area (Å²) in [6.07, 6.45) is 2.11. The number of nitrogens with zero attached hydrogens (tertiary/aromatic N) is 1. The highest BCUT2D eigenvalue weighted by atomic mass is 16.5. The molecule has 26 heavy (non-hydrogen) atoms. The minimum absolute atomic E-state index is 0.770. The molecular formula is C24H22NO+. The molecule has 2 nitrogen and oxygen atoms in total. The normalized spacial score (nSPS) is 10.8. The zero-order valence-electron chi connectivity index (χ0n) is 15.1. The van der Waals surface area contributed by atoms with Gasteiger partial charge in [0, 0.05) is 11.6 Å². The Kier molecular flexibility index (Phi) is 4.40. The van der Waals surface area contributed by atoms with Gasteiger partial charge in [0.05, 0.1) is 5.39 Å². The lowest BCUT2D eigenvalue weighted by Crippen LogP contribution is -2.35. The van der Waals surface area contributed by atoms with E-state index in [0.717, 1.165) is 23.6 Å². The summed E-state index contributed by atoms with van der Waals surface area (Å²) >= 11 is 0. The molecule has 4 rings (SSSR count). The molecule has 0 amide bonds. The van der Waals surface area contributed by atoms with Crippen molar-refractivity contribution in [2.45, 2.75) is 20.4 Å². The molecule has 0 saturated heterocycles. The number of aromatic nitrogens is 1.